The fourth-order valence-electron chi connectivity index (χ4n) is 1.98. The molecule has 94 valence electrons. The third-order valence-electron chi connectivity index (χ3n) is 2.86. The highest BCUT2D eigenvalue weighted by molar-refractivity contribution is 6.17. The van der Waals surface area contributed by atoms with Gasteiger partial charge < -0.3 is 14.8 Å². The average molecular weight is 265 g/mol. The van der Waals surface area contributed by atoms with E-state index in [0.717, 1.165) is 41.1 Å². The van der Waals surface area contributed by atoms with Crippen molar-refractivity contribution in [2.45, 2.75) is 6.42 Å². The van der Waals surface area contributed by atoms with Crippen molar-refractivity contribution in [2.75, 3.05) is 24.5 Å². The molecular weight excluding hydrogens is 252 g/mol. The molecule has 0 fully saturated rings. The predicted octanol–water partition coefficient (Wildman–Crippen LogP) is 3.00. The first-order valence-corrected chi connectivity index (χ1v) is 6.40. The molecule has 1 aromatic carbocycles. The summed E-state index contributed by atoms with van der Waals surface area (Å²) in [5.41, 5.74) is 0. The smallest absolute Gasteiger partial charge is 0.231 e. The molecule has 0 saturated carbocycles. The van der Waals surface area contributed by atoms with Gasteiger partial charge in [0, 0.05) is 24.0 Å². The van der Waals surface area contributed by atoms with E-state index < -0.39 is 0 Å². The molecular formula is C13H13ClN2O2. The van der Waals surface area contributed by atoms with E-state index >= 15 is 0 Å². The summed E-state index contributed by atoms with van der Waals surface area (Å²) in [5.74, 6) is 3.07. The number of aromatic nitrogens is 1. The maximum atomic E-state index is 5.67. The van der Waals surface area contributed by atoms with Gasteiger partial charge in [-0.15, -0.1) is 11.6 Å². The minimum Gasteiger partial charge on any atom is -0.454 e. The van der Waals surface area contributed by atoms with Gasteiger partial charge in [-0.2, -0.15) is 0 Å². The SMILES string of the molecule is ClCCCNc1nccc2cc3c(cc12)OCO3. The summed E-state index contributed by atoms with van der Waals surface area (Å²) in [4.78, 5) is 4.35. The molecule has 1 aromatic heterocycles. The zero-order chi connectivity index (χ0) is 12.4. The molecule has 0 atom stereocenters. The molecule has 2 aromatic rings. The Morgan fingerprint density at radius 3 is 2.94 bits per heavy atom. The van der Waals surface area contributed by atoms with Gasteiger partial charge in [0.2, 0.25) is 6.79 Å². The van der Waals surface area contributed by atoms with E-state index in [1.807, 2.05) is 18.2 Å². The Bertz CT molecular complexity index is 574. The number of anilines is 1. The molecule has 0 aliphatic carbocycles. The van der Waals surface area contributed by atoms with Crippen molar-refractivity contribution in [1.82, 2.24) is 4.98 Å². The van der Waals surface area contributed by atoms with E-state index in [9.17, 15) is 0 Å². The average Bonchev–Trinajstić information content (AvgIpc) is 2.84. The summed E-state index contributed by atoms with van der Waals surface area (Å²) in [5, 5.41) is 5.41. The zero-order valence-corrected chi connectivity index (χ0v) is 10.5. The quantitative estimate of drug-likeness (QED) is 0.681. The van der Waals surface area contributed by atoms with E-state index in [1.54, 1.807) is 6.20 Å². The van der Waals surface area contributed by atoms with E-state index in [-0.39, 0.29) is 6.79 Å². The van der Waals surface area contributed by atoms with Crippen LogP contribution in [0, 0.1) is 0 Å². The molecule has 0 radical (unpaired) electrons. The Morgan fingerprint density at radius 2 is 2.11 bits per heavy atom. The Balaban J connectivity index is 1.99. The largest absolute Gasteiger partial charge is 0.454 e. The van der Waals surface area contributed by atoms with Crippen molar-refractivity contribution in [3.63, 3.8) is 0 Å². The third-order valence-corrected chi connectivity index (χ3v) is 3.13. The number of fused-ring (bicyclic) bond motifs is 2. The molecule has 1 N–H and O–H groups in total. The lowest BCUT2D eigenvalue weighted by Crippen LogP contribution is -2.04. The van der Waals surface area contributed by atoms with Gasteiger partial charge in [0.15, 0.2) is 11.5 Å². The standard InChI is InChI=1S/C13H13ClN2O2/c14-3-1-4-15-13-10-7-12-11(17-8-18-12)6-9(10)2-5-16-13/h2,5-7H,1,3-4,8H2,(H,15,16). The Hall–Kier alpha value is -1.68. The zero-order valence-electron chi connectivity index (χ0n) is 9.78. The summed E-state index contributed by atoms with van der Waals surface area (Å²) in [6, 6.07) is 5.91. The van der Waals surface area contributed by atoms with Gasteiger partial charge in [-0.3, -0.25) is 0 Å². The molecule has 0 spiro atoms. The van der Waals surface area contributed by atoms with Gasteiger partial charge in [0.05, 0.1) is 0 Å². The highest BCUT2D eigenvalue weighted by Gasteiger charge is 2.15. The summed E-state index contributed by atoms with van der Waals surface area (Å²) in [7, 11) is 0. The third kappa shape index (κ3) is 2.04. The maximum Gasteiger partial charge on any atom is 0.231 e. The van der Waals surface area contributed by atoms with Gasteiger partial charge in [-0.25, -0.2) is 4.98 Å². The normalized spacial score (nSPS) is 12.9. The van der Waals surface area contributed by atoms with Gasteiger partial charge in [-0.1, -0.05) is 0 Å². The Labute approximate surface area is 110 Å². The number of ether oxygens (including phenoxy) is 2. The first-order chi connectivity index (χ1) is 8.88. The van der Waals surface area contributed by atoms with Crippen LogP contribution in [0.15, 0.2) is 24.4 Å². The lowest BCUT2D eigenvalue weighted by Gasteiger charge is -2.08. The van der Waals surface area contributed by atoms with Crippen LogP contribution in [-0.4, -0.2) is 24.2 Å². The van der Waals surface area contributed by atoms with Crippen LogP contribution < -0.4 is 14.8 Å². The molecule has 2 heterocycles. The number of alkyl halides is 1. The van der Waals surface area contributed by atoms with Crippen molar-refractivity contribution in [2.24, 2.45) is 0 Å². The second-order valence-electron chi connectivity index (χ2n) is 4.06. The Kier molecular flexibility index (Phi) is 3.11. The Morgan fingerprint density at radius 1 is 1.28 bits per heavy atom. The van der Waals surface area contributed by atoms with Crippen molar-refractivity contribution in [3.05, 3.63) is 24.4 Å². The number of hydrogen-bond acceptors (Lipinski definition) is 4. The number of pyridine rings is 1. The number of benzene rings is 1. The first-order valence-electron chi connectivity index (χ1n) is 5.86. The van der Waals surface area contributed by atoms with Crippen LogP contribution in [0.1, 0.15) is 6.42 Å². The van der Waals surface area contributed by atoms with E-state index in [0.29, 0.717) is 5.88 Å². The highest BCUT2D eigenvalue weighted by atomic mass is 35.5. The van der Waals surface area contributed by atoms with Crippen molar-refractivity contribution in [3.8, 4) is 11.5 Å². The lowest BCUT2D eigenvalue weighted by atomic mass is 10.1. The molecule has 0 amide bonds. The number of hydrogen-bond donors (Lipinski definition) is 1. The molecule has 4 nitrogen and oxygen atoms in total. The number of halogens is 1. The number of rotatable bonds is 4. The molecule has 3 rings (SSSR count). The minimum atomic E-state index is 0.286. The van der Waals surface area contributed by atoms with E-state index in [2.05, 4.69) is 10.3 Å². The summed E-state index contributed by atoms with van der Waals surface area (Å²) in [6.07, 6.45) is 2.69. The number of nitrogens with zero attached hydrogens (tertiary/aromatic N) is 1. The molecule has 0 bridgehead atoms. The van der Waals surface area contributed by atoms with Crippen LogP contribution in [-0.2, 0) is 0 Å². The van der Waals surface area contributed by atoms with E-state index in [4.69, 9.17) is 21.1 Å². The lowest BCUT2D eigenvalue weighted by molar-refractivity contribution is 0.174. The summed E-state index contributed by atoms with van der Waals surface area (Å²) >= 11 is 5.67. The topological polar surface area (TPSA) is 43.4 Å². The second-order valence-corrected chi connectivity index (χ2v) is 4.43. The monoisotopic (exact) mass is 264 g/mol. The van der Waals surface area contributed by atoms with Crippen molar-refractivity contribution < 1.29 is 9.47 Å². The van der Waals surface area contributed by atoms with Crippen molar-refractivity contribution >= 4 is 28.2 Å². The number of nitrogens with one attached hydrogen (secondary N) is 1. The molecule has 18 heavy (non-hydrogen) atoms. The van der Waals surface area contributed by atoms with Gasteiger partial charge in [-0.05, 0) is 30.0 Å². The second kappa shape index (κ2) is 4.90. The fraction of sp³-hybridized carbons (Fsp3) is 0.308. The van der Waals surface area contributed by atoms with Gasteiger partial charge in [0.1, 0.15) is 5.82 Å². The van der Waals surface area contributed by atoms with Crippen LogP contribution >= 0.6 is 11.6 Å². The minimum absolute atomic E-state index is 0.286. The molecule has 5 heteroatoms. The first kappa shape index (κ1) is 11.4. The molecule has 0 unspecified atom stereocenters. The molecule has 0 saturated heterocycles. The van der Waals surface area contributed by atoms with Gasteiger partial charge in [0.25, 0.3) is 0 Å². The molecule has 1 aliphatic heterocycles. The van der Waals surface area contributed by atoms with Crippen LogP contribution in [0.5, 0.6) is 11.5 Å². The van der Waals surface area contributed by atoms with Crippen LogP contribution in [0.25, 0.3) is 10.8 Å². The van der Waals surface area contributed by atoms with Gasteiger partial charge >= 0.3 is 0 Å². The molecule has 1 aliphatic rings. The maximum absolute atomic E-state index is 5.67. The van der Waals surface area contributed by atoms with Crippen LogP contribution in [0.2, 0.25) is 0 Å². The van der Waals surface area contributed by atoms with Crippen LogP contribution in [0.4, 0.5) is 5.82 Å². The highest BCUT2D eigenvalue weighted by Crippen LogP contribution is 2.37. The summed E-state index contributed by atoms with van der Waals surface area (Å²) < 4.78 is 10.8. The fourth-order valence-corrected chi connectivity index (χ4v) is 2.11. The summed E-state index contributed by atoms with van der Waals surface area (Å²) in [6.45, 7) is 1.10. The van der Waals surface area contributed by atoms with Crippen LogP contribution in [0.3, 0.4) is 0 Å². The van der Waals surface area contributed by atoms with E-state index in [1.165, 1.54) is 0 Å². The predicted molar refractivity (Wildman–Crippen MR) is 71.7 cm³/mol. The van der Waals surface area contributed by atoms with Crippen molar-refractivity contribution in [1.29, 1.82) is 0 Å².